The summed E-state index contributed by atoms with van der Waals surface area (Å²) in [7, 11) is 0. The monoisotopic (exact) mass is 256 g/mol. The molecule has 0 fully saturated rings. The summed E-state index contributed by atoms with van der Waals surface area (Å²) in [6.45, 7) is 2.05. The fourth-order valence-electron chi connectivity index (χ4n) is 2.07. The fourth-order valence-corrected chi connectivity index (χ4v) is 2.07. The van der Waals surface area contributed by atoms with E-state index in [0.717, 1.165) is 12.0 Å². The molecule has 0 aliphatic rings. The van der Waals surface area contributed by atoms with Crippen LogP contribution in [0.1, 0.15) is 23.1 Å². The summed E-state index contributed by atoms with van der Waals surface area (Å²) < 4.78 is 12.7. The van der Waals surface area contributed by atoms with Crippen LogP contribution in [-0.4, -0.2) is 5.78 Å². The average molecular weight is 256 g/mol. The molecule has 0 N–H and O–H groups in total. The molecule has 0 aliphatic carbocycles. The van der Waals surface area contributed by atoms with Crippen LogP contribution in [0.4, 0.5) is 4.39 Å². The van der Waals surface area contributed by atoms with E-state index in [2.05, 4.69) is 6.07 Å². The van der Waals surface area contributed by atoms with Gasteiger partial charge in [-0.05, 0) is 36.6 Å². The van der Waals surface area contributed by atoms with Gasteiger partial charge in [-0.25, -0.2) is 4.39 Å². The van der Waals surface area contributed by atoms with Gasteiger partial charge in [0.25, 0.3) is 0 Å². The number of Topliss-reactive ketones (excluding diaryl/α,β-unsaturated/α-hetero) is 1. The van der Waals surface area contributed by atoms with Crippen molar-refractivity contribution in [3.63, 3.8) is 0 Å². The number of hydrogen-bond donors (Lipinski definition) is 0. The third kappa shape index (κ3) is 4.32. The predicted molar refractivity (Wildman–Crippen MR) is 74.6 cm³/mol. The molecule has 0 amide bonds. The lowest BCUT2D eigenvalue weighted by Gasteiger charge is -2.03. The Kier molecular flexibility index (Phi) is 4.45. The standard InChI is InChI=1S/C17H17FO/c1-13-3-2-4-14(11-13)7-10-17(19)12-15-5-8-16(18)9-6-15/h2-6,8-9,11H,7,10,12H2,1H3. The van der Waals surface area contributed by atoms with Gasteiger partial charge in [0.1, 0.15) is 11.6 Å². The summed E-state index contributed by atoms with van der Waals surface area (Å²) >= 11 is 0. The third-order valence-corrected chi connectivity index (χ3v) is 3.09. The van der Waals surface area contributed by atoms with Gasteiger partial charge in [0, 0.05) is 12.8 Å². The van der Waals surface area contributed by atoms with E-state index in [1.165, 1.54) is 23.3 Å². The molecule has 0 atom stereocenters. The highest BCUT2D eigenvalue weighted by Crippen LogP contribution is 2.09. The summed E-state index contributed by atoms with van der Waals surface area (Å²) in [6, 6.07) is 14.3. The van der Waals surface area contributed by atoms with Crippen LogP contribution < -0.4 is 0 Å². The van der Waals surface area contributed by atoms with Crippen LogP contribution in [0.3, 0.4) is 0 Å². The Morgan fingerprint density at radius 2 is 1.79 bits per heavy atom. The minimum atomic E-state index is -0.268. The average Bonchev–Trinajstić information content (AvgIpc) is 2.39. The molecule has 2 aromatic carbocycles. The summed E-state index contributed by atoms with van der Waals surface area (Å²) in [6.07, 6.45) is 1.68. The van der Waals surface area contributed by atoms with E-state index in [9.17, 15) is 9.18 Å². The Morgan fingerprint density at radius 1 is 1.05 bits per heavy atom. The van der Waals surface area contributed by atoms with Gasteiger partial charge in [0.05, 0.1) is 0 Å². The quantitative estimate of drug-likeness (QED) is 0.793. The smallest absolute Gasteiger partial charge is 0.137 e. The van der Waals surface area contributed by atoms with Crippen molar-refractivity contribution in [2.75, 3.05) is 0 Å². The second-order valence-corrected chi connectivity index (χ2v) is 4.83. The lowest BCUT2D eigenvalue weighted by atomic mass is 10.0. The highest BCUT2D eigenvalue weighted by Gasteiger charge is 2.05. The number of halogens is 1. The number of ketones is 1. The van der Waals surface area contributed by atoms with Gasteiger partial charge in [-0.15, -0.1) is 0 Å². The molecule has 0 aliphatic heterocycles. The van der Waals surface area contributed by atoms with Crippen LogP contribution in [0.5, 0.6) is 0 Å². The van der Waals surface area contributed by atoms with Crippen LogP contribution in [0.2, 0.25) is 0 Å². The Hall–Kier alpha value is -1.96. The SMILES string of the molecule is Cc1cccc(CCC(=O)Cc2ccc(F)cc2)c1. The Balaban J connectivity index is 1.86. The van der Waals surface area contributed by atoms with Gasteiger partial charge < -0.3 is 0 Å². The van der Waals surface area contributed by atoms with Crippen LogP contribution in [0.15, 0.2) is 48.5 Å². The van der Waals surface area contributed by atoms with Gasteiger partial charge in [-0.3, -0.25) is 4.79 Å². The molecule has 0 saturated carbocycles. The molecule has 0 unspecified atom stereocenters. The second-order valence-electron chi connectivity index (χ2n) is 4.83. The fraction of sp³-hybridized carbons (Fsp3) is 0.235. The zero-order valence-electron chi connectivity index (χ0n) is 11.0. The van der Waals surface area contributed by atoms with E-state index < -0.39 is 0 Å². The van der Waals surface area contributed by atoms with Crippen molar-refractivity contribution in [1.29, 1.82) is 0 Å². The van der Waals surface area contributed by atoms with Crippen molar-refractivity contribution in [3.05, 3.63) is 71.0 Å². The number of benzene rings is 2. The minimum absolute atomic E-state index is 0.188. The van der Waals surface area contributed by atoms with Gasteiger partial charge >= 0.3 is 0 Å². The molecule has 2 aromatic rings. The summed E-state index contributed by atoms with van der Waals surface area (Å²) in [4.78, 5) is 11.9. The number of hydrogen-bond acceptors (Lipinski definition) is 1. The van der Waals surface area contributed by atoms with Crippen molar-refractivity contribution in [2.45, 2.75) is 26.2 Å². The molecule has 0 radical (unpaired) electrons. The molecule has 1 nitrogen and oxygen atoms in total. The summed E-state index contributed by atoms with van der Waals surface area (Å²) in [5, 5.41) is 0. The molecule has 0 aromatic heterocycles. The molecule has 98 valence electrons. The molecule has 0 bridgehead atoms. The maximum atomic E-state index is 12.7. The summed E-state index contributed by atoms with van der Waals surface area (Å²) in [5.41, 5.74) is 3.27. The normalized spacial score (nSPS) is 10.4. The topological polar surface area (TPSA) is 17.1 Å². The Labute approximate surface area is 113 Å². The molecule has 0 heterocycles. The minimum Gasteiger partial charge on any atom is -0.299 e. The lowest BCUT2D eigenvalue weighted by Crippen LogP contribution is -2.04. The van der Waals surface area contributed by atoms with Crippen molar-refractivity contribution in [1.82, 2.24) is 0 Å². The van der Waals surface area contributed by atoms with E-state index >= 15 is 0 Å². The van der Waals surface area contributed by atoms with Crippen LogP contribution in [-0.2, 0) is 17.6 Å². The van der Waals surface area contributed by atoms with Crippen molar-refractivity contribution >= 4 is 5.78 Å². The number of carbonyl (C=O) groups excluding carboxylic acids is 1. The molecule has 0 spiro atoms. The molecular weight excluding hydrogens is 239 g/mol. The van der Waals surface area contributed by atoms with E-state index in [0.29, 0.717) is 12.8 Å². The Morgan fingerprint density at radius 3 is 2.47 bits per heavy atom. The van der Waals surface area contributed by atoms with Crippen LogP contribution >= 0.6 is 0 Å². The zero-order chi connectivity index (χ0) is 13.7. The van der Waals surface area contributed by atoms with Crippen molar-refractivity contribution in [3.8, 4) is 0 Å². The summed E-state index contributed by atoms with van der Waals surface area (Å²) in [5.74, 6) is -0.0796. The van der Waals surface area contributed by atoms with Crippen LogP contribution in [0, 0.1) is 12.7 Å². The van der Waals surface area contributed by atoms with Gasteiger partial charge in [0.15, 0.2) is 0 Å². The zero-order valence-corrected chi connectivity index (χ0v) is 11.0. The van der Waals surface area contributed by atoms with E-state index in [4.69, 9.17) is 0 Å². The second kappa shape index (κ2) is 6.28. The van der Waals surface area contributed by atoms with Gasteiger partial charge in [0.2, 0.25) is 0 Å². The first-order valence-corrected chi connectivity index (χ1v) is 6.45. The molecule has 0 saturated heterocycles. The van der Waals surface area contributed by atoms with Crippen LogP contribution in [0.25, 0.3) is 0 Å². The lowest BCUT2D eigenvalue weighted by molar-refractivity contribution is -0.118. The molecular formula is C17H17FO. The third-order valence-electron chi connectivity index (χ3n) is 3.09. The highest BCUT2D eigenvalue weighted by molar-refractivity contribution is 5.81. The number of aryl methyl sites for hydroxylation is 2. The molecule has 19 heavy (non-hydrogen) atoms. The van der Waals surface area contributed by atoms with E-state index in [1.54, 1.807) is 12.1 Å². The largest absolute Gasteiger partial charge is 0.299 e. The van der Waals surface area contributed by atoms with Gasteiger partial charge in [-0.2, -0.15) is 0 Å². The predicted octanol–water partition coefficient (Wildman–Crippen LogP) is 3.88. The number of carbonyl (C=O) groups is 1. The van der Waals surface area contributed by atoms with Crippen molar-refractivity contribution in [2.24, 2.45) is 0 Å². The highest BCUT2D eigenvalue weighted by atomic mass is 19.1. The van der Waals surface area contributed by atoms with Crippen molar-refractivity contribution < 1.29 is 9.18 Å². The number of rotatable bonds is 5. The maximum absolute atomic E-state index is 12.7. The van der Waals surface area contributed by atoms with Gasteiger partial charge in [-0.1, -0.05) is 42.0 Å². The maximum Gasteiger partial charge on any atom is 0.137 e. The Bertz CT molecular complexity index is 558. The van der Waals surface area contributed by atoms with E-state index in [1.807, 2.05) is 25.1 Å². The van der Waals surface area contributed by atoms with E-state index in [-0.39, 0.29) is 11.6 Å². The first kappa shape index (κ1) is 13.5. The first-order chi connectivity index (χ1) is 9.13. The first-order valence-electron chi connectivity index (χ1n) is 6.45. The molecule has 2 rings (SSSR count). The molecule has 2 heteroatoms.